The van der Waals surface area contributed by atoms with Crippen molar-refractivity contribution in [2.45, 2.75) is 25.6 Å². The van der Waals surface area contributed by atoms with E-state index < -0.39 is 17.5 Å². The van der Waals surface area contributed by atoms with Gasteiger partial charge in [-0.25, -0.2) is 0 Å². The van der Waals surface area contributed by atoms with Gasteiger partial charge in [0.1, 0.15) is 5.69 Å². The topological polar surface area (TPSA) is 36.0 Å². The first-order chi connectivity index (χ1) is 7.69. The molecule has 5 heteroatoms. The van der Waals surface area contributed by atoms with Crippen molar-refractivity contribution in [3.8, 4) is 0 Å². The molecule has 0 aliphatic carbocycles. The molecule has 0 atom stereocenters. The number of hydrogen-bond donors (Lipinski definition) is 2. The van der Waals surface area contributed by atoms with Gasteiger partial charge >= 0.3 is 6.18 Å². The molecular formula is C12H12F3NO. The number of nitrogens with one attached hydrogen (secondary N) is 1. The lowest BCUT2D eigenvalue weighted by Crippen LogP contribution is -2.15. The van der Waals surface area contributed by atoms with E-state index in [1.807, 2.05) is 0 Å². The minimum absolute atomic E-state index is 0.372. The lowest BCUT2D eigenvalue weighted by molar-refractivity contribution is -0.140. The number of hydrogen-bond acceptors (Lipinski definition) is 1. The number of halogens is 3. The molecule has 0 saturated carbocycles. The molecule has 92 valence electrons. The molecule has 2 aromatic rings. The van der Waals surface area contributed by atoms with Crippen LogP contribution in [0, 0.1) is 0 Å². The summed E-state index contributed by atoms with van der Waals surface area (Å²) < 4.78 is 37.7. The van der Waals surface area contributed by atoms with E-state index in [4.69, 9.17) is 0 Å². The first-order valence-electron chi connectivity index (χ1n) is 5.11. The van der Waals surface area contributed by atoms with Gasteiger partial charge in [0.15, 0.2) is 0 Å². The zero-order chi connectivity index (χ0) is 12.8. The standard InChI is InChI=1S/C12H12F3NO/c1-11(2,17)8-4-3-5-9-7(8)6-10(16-9)12(13,14)15/h3-6,16-17H,1-2H3. The highest BCUT2D eigenvalue weighted by Crippen LogP contribution is 2.34. The molecule has 0 amide bonds. The molecule has 0 unspecified atom stereocenters. The van der Waals surface area contributed by atoms with Crippen molar-refractivity contribution in [2.24, 2.45) is 0 Å². The second-order valence-corrected chi connectivity index (χ2v) is 4.51. The van der Waals surface area contributed by atoms with Crippen LogP contribution in [0.3, 0.4) is 0 Å². The average Bonchev–Trinajstić information content (AvgIpc) is 2.57. The maximum atomic E-state index is 12.6. The Hall–Kier alpha value is -1.49. The van der Waals surface area contributed by atoms with Gasteiger partial charge < -0.3 is 10.1 Å². The molecule has 1 heterocycles. The molecule has 0 aliphatic heterocycles. The van der Waals surface area contributed by atoms with Gasteiger partial charge in [-0.15, -0.1) is 0 Å². The molecule has 17 heavy (non-hydrogen) atoms. The fourth-order valence-electron chi connectivity index (χ4n) is 1.84. The van der Waals surface area contributed by atoms with Gasteiger partial charge in [0, 0.05) is 10.9 Å². The Balaban J connectivity index is 2.70. The summed E-state index contributed by atoms with van der Waals surface area (Å²) in [7, 11) is 0. The molecule has 0 bridgehead atoms. The van der Waals surface area contributed by atoms with Gasteiger partial charge in [-0.3, -0.25) is 0 Å². The van der Waals surface area contributed by atoms with Crippen LogP contribution in [0.4, 0.5) is 13.2 Å². The lowest BCUT2D eigenvalue weighted by Gasteiger charge is -2.18. The first kappa shape index (κ1) is 12.0. The smallest absolute Gasteiger partial charge is 0.386 e. The third-order valence-electron chi connectivity index (χ3n) is 2.63. The van der Waals surface area contributed by atoms with E-state index in [2.05, 4.69) is 4.98 Å². The first-order valence-corrected chi connectivity index (χ1v) is 5.11. The van der Waals surface area contributed by atoms with E-state index in [0.29, 0.717) is 16.5 Å². The van der Waals surface area contributed by atoms with Crippen molar-refractivity contribution >= 4 is 10.9 Å². The Morgan fingerprint density at radius 2 is 1.82 bits per heavy atom. The number of H-pyrrole nitrogens is 1. The number of rotatable bonds is 1. The predicted molar refractivity (Wildman–Crippen MR) is 58.5 cm³/mol. The summed E-state index contributed by atoms with van der Waals surface area (Å²) in [4.78, 5) is 2.31. The summed E-state index contributed by atoms with van der Waals surface area (Å²) in [6.45, 7) is 3.09. The van der Waals surface area contributed by atoms with Gasteiger partial charge in [-0.05, 0) is 31.5 Å². The van der Waals surface area contributed by atoms with Gasteiger partial charge in [0.2, 0.25) is 0 Å². The van der Waals surface area contributed by atoms with Crippen molar-refractivity contribution in [2.75, 3.05) is 0 Å². The van der Waals surface area contributed by atoms with Crippen LogP contribution >= 0.6 is 0 Å². The Morgan fingerprint density at radius 3 is 2.35 bits per heavy atom. The maximum Gasteiger partial charge on any atom is 0.431 e. The van der Waals surface area contributed by atoms with Crippen LogP contribution in [0.2, 0.25) is 0 Å². The van der Waals surface area contributed by atoms with Crippen molar-refractivity contribution < 1.29 is 18.3 Å². The summed E-state index contributed by atoms with van der Waals surface area (Å²) in [5, 5.41) is 10.3. The van der Waals surface area contributed by atoms with Gasteiger partial charge in [-0.2, -0.15) is 13.2 Å². The van der Waals surface area contributed by atoms with Gasteiger partial charge in [0.05, 0.1) is 5.60 Å². The molecule has 0 fully saturated rings. The van der Waals surface area contributed by atoms with E-state index in [0.717, 1.165) is 6.07 Å². The molecule has 0 radical (unpaired) electrons. The number of aromatic amines is 1. The second kappa shape index (κ2) is 3.50. The van der Waals surface area contributed by atoms with Crippen LogP contribution in [0.5, 0.6) is 0 Å². The van der Waals surface area contributed by atoms with E-state index in [9.17, 15) is 18.3 Å². The quantitative estimate of drug-likeness (QED) is 0.791. The Labute approximate surface area is 96.1 Å². The highest BCUT2D eigenvalue weighted by molar-refractivity contribution is 5.84. The van der Waals surface area contributed by atoms with Crippen LogP contribution in [0.15, 0.2) is 24.3 Å². The average molecular weight is 243 g/mol. The van der Waals surface area contributed by atoms with Gasteiger partial charge in [0.25, 0.3) is 0 Å². The van der Waals surface area contributed by atoms with Crippen molar-refractivity contribution in [1.29, 1.82) is 0 Å². The molecule has 1 aromatic carbocycles. The van der Waals surface area contributed by atoms with E-state index in [1.54, 1.807) is 32.0 Å². The summed E-state index contributed by atoms with van der Waals surface area (Å²) in [6.07, 6.45) is -4.41. The summed E-state index contributed by atoms with van der Waals surface area (Å²) in [5.41, 5.74) is -1.13. The number of aliphatic hydroxyl groups is 1. The number of benzene rings is 1. The normalized spacial score (nSPS) is 13.3. The Morgan fingerprint density at radius 1 is 1.18 bits per heavy atom. The number of fused-ring (bicyclic) bond motifs is 1. The lowest BCUT2D eigenvalue weighted by atomic mass is 9.95. The zero-order valence-corrected chi connectivity index (χ0v) is 9.39. The highest BCUT2D eigenvalue weighted by Gasteiger charge is 2.33. The molecule has 0 spiro atoms. The van der Waals surface area contributed by atoms with Gasteiger partial charge in [-0.1, -0.05) is 12.1 Å². The van der Waals surface area contributed by atoms with Crippen LogP contribution in [0.25, 0.3) is 10.9 Å². The Bertz CT molecular complexity index is 549. The van der Waals surface area contributed by atoms with Crippen molar-refractivity contribution in [3.05, 3.63) is 35.5 Å². The Kier molecular flexibility index (Phi) is 2.47. The van der Waals surface area contributed by atoms with Crippen LogP contribution in [0.1, 0.15) is 25.1 Å². The van der Waals surface area contributed by atoms with Crippen LogP contribution < -0.4 is 0 Å². The zero-order valence-electron chi connectivity index (χ0n) is 9.39. The molecular weight excluding hydrogens is 231 g/mol. The highest BCUT2D eigenvalue weighted by atomic mass is 19.4. The predicted octanol–water partition coefficient (Wildman–Crippen LogP) is 3.41. The van der Waals surface area contributed by atoms with E-state index in [1.165, 1.54) is 0 Å². The fourth-order valence-corrected chi connectivity index (χ4v) is 1.84. The third kappa shape index (κ3) is 2.15. The van der Waals surface area contributed by atoms with Crippen molar-refractivity contribution in [3.63, 3.8) is 0 Å². The summed E-state index contributed by atoms with van der Waals surface area (Å²) in [5.74, 6) is 0. The third-order valence-corrected chi connectivity index (χ3v) is 2.63. The number of alkyl halides is 3. The molecule has 1 aromatic heterocycles. The van der Waals surface area contributed by atoms with E-state index in [-0.39, 0.29) is 0 Å². The molecule has 0 aliphatic rings. The maximum absolute atomic E-state index is 12.6. The monoisotopic (exact) mass is 243 g/mol. The molecule has 2 nitrogen and oxygen atoms in total. The molecule has 2 N–H and O–H groups in total. The van der Waals surface area contributed by atoms with Crippen LogP contribution in [-0.2, 0) is 11.8 Å². The fraction of sp³-hybridized carbons (Fsp3) is 0.333. The summed E-state index contributed by atoms with van der Waals surface area (Å²) >= 11 is 0. The largest absolute Gasteiger partial charge is 0.431 e. The SMILES string of the molecule is CC(C)(O)c1cccc2[nH]c(C(F)(F)F)cc12. The van der Waals surface area contributed by atoms with Crippen molar-refractivity contribution in [1.82, 2.24) is 4.98 Å². The molecule has 2 rings (SSSR count). The molecule has 0 saturated heterocycles. The van der Waals surface area contributed by atoms with E-state index >= 15 is 0 Å². The minimum Gasteiger partial charge on any atom is -0.386 e. The summed E-state index contributed by atoms with van der Waals surface area (Å²) in [6, 6.07) is 5.82. The number of aromatic nitrogens is 1. The minimum atomic E-state index is -4.41. The van der Waals surface area contributed by atoms with Crippen LogP contribution in [-0.4, -0.2) is 10.1 Å². The second-order valence-electron chi connectivity index (χ2n) is 4.51.